The fourth-order valence-corrected chi connectivity index (χ4v) is 2.09. The van der Waals surface area contributed by atoms with E-state index < -0.39 is 0 Å². The summed E-state index contributed by atoms with van der Waals surface area (Å²) < 4.78 is 1.54. The van der Waals surface area contributed by atoms with Crippen LogP contribution >= 0.6 is 0 Å². The predicted molar refractivity (Wildman–Crippen MR) is 75.2 cm³/mol. The van der Waals surface area contributed by atoms with Crippen LogP contribution < -0.4 is 11.3 Å². The third kappa shape index (κ3) is 2.02. The van der Waals surface area contributed by atoms with Crippen LogP contribution in [0.3, 0.4) is 0 Å². The number of hydrogen-bond donors (Lipinski definition) is 1. The number of hydrogen-bond acceptors (Lipinski definition) is 3. The van der Waals surface area contributed by atoms with E-state index in [0.29, 0.717) is 17.4 Å². The standard InChI is InChI=1S/C15H13N3O/c16-9-11-4-3-5-12(8-11)18-10-17-14-7-2-1-6-13(14)15(18)19/h1-8,10H,9,16H2. The molecule has 0 unspecified atom stereocenters. The van der Waals surface area contributed by atoms with Crippen molar-refractivity contribution < 1.29 is 0 Å². The van der Waals surface area contributed by atoms with Crippen LogP contribution in [0.25, 0.3) is 16.6 Å². The number of nitrogens with zero attached hydrogens (tertiary/aromatic N) is 2. The van der Waals surface area contributed by atoms with E-state index in [1.54, 1.807) is 17.0 Å². The summed E-state index contributed by atoms with van der Waals surface area (Å²) in [6.07, 6.45) is 1.56. The second-order valence-electron chi connectivity index (χ2n) is 4.31. The molecule has 1 heterocycles. The van der Waals surface area contributed by atoms with Crippen LogP contribution in [-0.2, 0) is 6.54 Å². The molecule has 0 saturated heterocycles. The lowest BCUT2D eigenvalue weighted by molar-refractivity contribution is 0.953. The van der Waals surface area contributed by atoms with Crippen molar-refractivity contribution in [1.82, 2.24) is 9.55 Å². The molecule has 0 saturated carbocycles. The summed E-state index contributed by atoms with van der Waals surface area (Å²) in [6, 6.07) is 14.9. The molecule has 1 aromatic heterocycles. The van der Waals surface area contributed by atoms with E-state index >= 15 is 0 Å². The zero-order valence-electron chi connectivity index (χ0n) is 10.3. The van der Waals surface area contributed by atoms with Gasteiger partial charge in [0.25, 0.3) is 5.56 Å². The van der Waals surface area contributed by atoms with Crippen molar-refractivity contribution in [2.24, 2.45) is 5.73 Å². The van der Waals surface area contributed by atoms with Gasteiger partial charge in [-0.3, -0.25) is 9.36 Å². The zero-order valence-corrected chi connectivity index (χ0v) is 10.3. The van der Waals surface area contributed by atoms with E-state index in [2.05, 4.69) is 4.98 Å². The maximum Gasteiger partial charge on any atom is 0.265 e. The van der Waals surface area contributed by atoms with Crippen molar-refractivity contribution in [2.45, 2.75) is 6.54 Å². The van der Waals surface area contributed by atoms with Gasteiger partial charge in [-0.25, -0.2) is 4.98 Å². The lowest BCUT2D eigenvalue weighted by Crippen LogP contribution is -2.18. The summed E-state index contributed by atoms with van der Waals surface area (Å²) in [5, 5.41) is 0.614. The van der Waals surface area contributed by atoms with Gasteiger partial charge in [0.15, 0.2) is 0 Å². The van der Waals surface area contributed by atoms with Crippen LogP contribution in [0.4, 0.5) is 0 Å². The number of benzene rings is 2. The summed E-state index contributed by atoms with van der Waals surface area (Å²) in [4.78, 5) is 16.7. The first-order valence-corrected chi connectivity index (χ1v) is 6.05. The second kappa shape index (κ2) is 4.66. The lowest BCUT2D eigenvalue weighted by atomic mass is 10.2. The fraction of sp³-hybridized carbons (Fsp3) is 0.0667. The maximum absolute atomic E-state index is 12.4. The molecule has 0 aliphatic carbocycles. The Morgan fingerprint density at radius 3 is 2.79 bits per heavy atom. The van der Waals surface area contributed by atoms with Crippen LogP contribution in [0.15, 0.2) is 59.7 Å². The summed E-state index contributed by atoms with van der Waals surface area (Å²) >= 11 is 0. The minimum absolute atomic E-state index is 0.0697. The Morgan fingerprint density at radius 1 is 1.11 bits per heavy atom. The number of fused-ring (bicyclic) bond motifs is 1. The summed E-state index contributed by atoms with van der Waals surface area (Å²) in [7, 11) is 0. The van der Waals surface area contributed by atoms with Gasteiger partial charge in [-0.05, 0) is 29.8 Å². The number of para-hydroxylation sites is 1. The molecular weight excluding hydrogens is 238 g/mol. The van der Waals surface area contributed by atoms with E-state index in [4.69, 9.17) is 5.73 Å². The highest BCUT2D eigenvalue weighted by Crippen LogP contribution is 2.11. The Hall–Kier alpha value is -2.46. The van der Waals surface area contributed by atoms with E-state index in [-0.39, 0.29) is 5.56 Å². The Balaban J connectivity index is 2.25. The predicted octanol–water partition coefficient (Wildman–Crippen LogP) is 1.84. The number of aromatic nitrogens is 2. The van der Waals surface area contributed by atoms with Crippen LogP contribution in [0.2, 0.25) is 0 Å². The highest BCUT2D eigenvalue weighted by atomic mass is 16.1. The summed E-state index contributed by atoms with van der Waals surface area (Å²) in [6.45, 7) is 0.448. The van der Waals surface area contributed by atoms with Crippen LogP contribution in [0.5, 0.6) is 0 Å². The van der Waals surface area contributed by atoms with Gasteiger partial charge in [0, 0.05) is 6.54 Å². The second-order valence-corrected chi connectivity index (χ2v) is 4.31. The Labute approximate surface area is 110 Å². The zero-order chi connectivity index (χ0) is 13.2. The van der Waals surface area contributed by atoms with Gasteiger partial charge in [-0.15, -0.1) is 0 Å². The average molecular weight is 251 g/mol. The molecule has 0 atom stereocenters. The third-order valence-corrected chi connectivity index (χ3v) is 3.09. The molecule has 0 radical (unpaired) electrons. The van der Waals surface area contributed by atoms with Gasteiger partial charge < -0.3 is 5.73 Å². The molecule has 0 amide bonds. The molecule has 4 nitrogen and oxygen atoms in total. The monoisotopic (exact) mass is 251 g/mol. The molecule has 0 aliphatic heterocycles. The van der Waals surface area contributed by atoms with E-state index in [9.17, 15) is 4.79 Å². The maximum atomic E-state index is 12.4. The van der Waals surface area contributed by atoms with Crippen molar-refractivity contribution in [2.75, 3.05) is 0 Å². The van der Waals surface area contributed by atoms with Gasteiger partial charge in [-0.1, -0.05) is 24.3 Å². The molecule has 0 spiro atoms. The van der Waals surface area contributed by atoms with Crippen molar-refractivity contribution in [1.29, 1.82) is 0 Å². The smallest absolute Gasteiger partial charge is 0.265 e. The molecule has 0 fully saturated rings. The minimum atomic E-state index is -0.0697. The fourth-order valence-electron chi connectivity index (χ4n) is 2.09. The minimum Gasteiger partial charge on any atom is -0.326 e. The van der Waals surface area contributed by atoms with Crippen molar-refractivity contribution in [3.63, 3.8) is 0 Å². The molecule has 19 heavy (non-hydrogen) atoms. The number of rotatable bonds is 2. The Bertz CT molecular complexity index is 792. The molecular formula is C15H13N3O. The first-order chi connectivity index (χ1) is 9.29. The molecule has 2 N–H and O–H groups in total. The SMILES string of the molecule is NCc1cccc(-n2cnc3ccccc3c2=O)c1. The topological polar surface area (TPSA) is 60.9 Å². The summed E-state index contributed by atoms with van der Waals surface area (Å²) in [5.41, 5.74) is 8.03. The van der Waals surface area contributed by atoms with E-state index in [1.807, 2.05) is 42.5 Å². The molecule has 0 aliphatic rings. The van der Waals surface area contributed by atoms with Crippen molar-refractivity contribution in [3.8, 4) is 5.69 Å². The highest BCUT2D eigenvalue weighted by molar-refractivity contribution is 5.77. The van der Waals surface area contributed by atoms with Gasteiger partial charge in [0.1, 0.15) is 6.33 Å². The van der Waals surface area contributed by atoms with Crippen LogP contribution in [0.1, 0.15) is 5.56 Å². The van der Waals surface area contributed by atoms with Gasteiger partial charge in [0.2, 0.25) is 0 Å². The molecule has 3 rings (SSSR count). The molecule has 3 aromatic rings. The average Bonchev–Trinajstić information content (AvgIpc) is 2.48. The molecule has 2 aromatic carbocycles. The van der Waals surface area contributed by atoms with E-state index in [0.717, 1.165) is 11.3 Å². The normalized spacial score (nSPS) is 10.8. The van der Waals surface area contributed by atoms with Gasteiger partial charge in [-0.2, -0.15) is 0 Å². The van der Waals surface area contributed by atoms with E-state index in [1.165, 1.54) is 0 Å². The Morgan fingerprint density at radius 2 is 1.95 bits per heavy atom. The molecule has 0 bridgehead atoms. The first-order valence-electron chi connectivity index (χ1n) is 6.05. The van der Waals surface area contributed by atoms with Gasteiger partial charge >= 0.3 is 0 Å². The quantitative estimate of drug-likeness (QED) is 0.756. The largest absolute Gasteiger partial charge is 0.326 e. The van der Waals surface area contributed by atoms with Crippen molar-refractivity contribution in [3.05, 3.63) is 70.8 Å². The molecule has 4 heteroatoms. The summed E-state index contributed by atoms with van der Waals surface area (Å²) in [5.74, 6) is 0. The molecule has 94 valence electrons. The Kier molecular flexibility index (Phi) is 2.85. The number of nitrogens with two attached hydrogens (primary N) is 1. The van der Waals surface area contributed by atoms with Crippen LogP contribution in [-0.4, -0.2) is 9.55 Å². The highest BCUT2D eigenvalue weighted by Gasteiger charge is 2.05. The van der Waals surface area contributed by atoms with Crippen molar-refractivity contribution >= 4 is 10.9 Å². The van der Waals surface area contributed by atoms with Crippen LogP contribution in [0, 0.1) is 0 Å². The third-order valence-electron chi connectivity index (χ3n) is 3.09. The van der Waals surface area contributed by atoms with Gasteiger partial charge in [0.05, 0.1) is 16.6 Å². The lowest BCUT2D eigenvalue weighted by Gasteiger charge is -2.07. The first kappa shape index (κ1) is 11.6.